The minimum absolute atomic E-state index is 0.379. The Morgan fingerprint density at radius 3 is 2.75 bits per heavy atom. The summed E-state index contributed by atoms with van der Waals surface area (Å²) in [5.74, 6) is 1.92. The van der Waals surface area contributed by atoms with Crippen LogP contribution in [0.4, 0.5) is 0 Å². The summed E-state index contributed by atoms with van der Waals surface area (Å²) in [5.41, 5.74) is 6.41. The molecule has 2 aromatic rings. The molecule has 5 heteroatoms. The van der Waals surface area contributed by atoms with Gasteiger partial charge in [0.2, 0.25) is 5.89 Å². The number of nitrogens with zero attached hydrogens (tertiary/aromatic N) is 2. The van der Waals surface area contributed by atoms with Crippen molar-refractivity contribution in [2.75, 3.05) is 0 Å². The van der Waals surface area contributed by atoms with E-state index in [1.165, 1.54) is 0 Å². The van der Waals surface area contributed by atoms with Crippen molar-refractivity contribution in [2.45, 2.75) is 44.8 Å². The summed E-state index contributed by atoms with van der Waals surface area (Å²) in [6.45, 7) is 6.01. The molecule has 1 aliphatic heterocycles. The number of hydrogen-bond donors (Lipinski definition) is 1. The molecule has 1 aromatic heterocycles. The molecule has 5 nitrogen and oxygen atoms in total. The van der Waals surface area contributed by atoms with Crippen LogP contribution in [-0.4, -0.2) is 15.7 Å². The number of para-hydroxylation sites is 1. The predicted octanol–water partition coefficient (Wildman–Crippen LogP) is 2.40. The van der Waals surface area contributed by atoms with Crippen LogP contribution in [0.15, 0.2) is 28.8 Å². The number of fused-ring (bicyclic) bond motifs is 1. The molecule has 1 atom stereocenters. The van der Waals surface area contributed by atoms with Crippen molar-refractivity contribution in [3.05, 3.63) is 41.5 Å². The van der Waals surface area contributed by atoms with Gasteiger partial charge in [-0.25, -0.2) is 0 Å². The molecule has 1 aliphatic rings. The first kappa shape index (κ1) is 13.1. The quantitative estimate of drug-likeness (QED) is 0.909. The molecule has 0 saturated heterocycles. The fourth-order valence-corrected chi connectivity index (χ4v) is 2.80. The van der Waals surface area contributed by atoms with Crippen LogP contribution in [0.25, 0.3) is 0 Å². The summed E-state index contributed by atoms with van der Waals surface area (Å²) in [5, 5.41) is 4.08. The highest BCUT2D eigenvalue weighted by Gasteiger charge is 2.46. The molecule has 1 unspecified atom stereocenters. The topological polar surface area (TPSA) is 74.2 Å². The van der Waals surface area contributed by atoms with Crippen LogP contribution < -0.4 is 10.5 Å². The van der Waals surface area contributed by atoms with Gasteiger partial charge < -0.3 is 15.0 Å². The second-order valence-corrected chi connectivity index (χ2v) is 5.87. The zero-order valence-electron chi connectivity index (χ0n) is 12.0. The van der Waals surface area contributed by atoms with Gasteiger partial charge in [-0.2, -0.15) is 4.98 Å². The van der Waals surface area contributed by atoms with Crippen molar-refractivity contribution in [2.24, 2.45) is 5.73 Å². The smallest absolute Gasteiger partial charge is 0.226 e. The van der Waals surface area contributed by atoms with E-state index >= 15 is 0 Å². The first-order valence-electron chi connectivity index (χ1n) is 6.85. The summed E-state index contributed by atoms with van der Waals surface area (Å²) < 4.78 is 11.2. The van der Waals surface area contributed by atoms with Gasteiger partial charge >= 0.3 is 0 Å². The van der Waals surface area contributed by atoms with E-state index in [9.17, 15) is 0 Å². The molecule has 2 N–H and O–H groups in total. The fourth-order valence-electron chi connectivity index (χ4n) is 2.80. The molecule has 0 spiro atoms. The maximum absolute atomic E-state index is 6.67. The van der Waals surface area contributed by atoms with Gasteiger partial charge in [0.05, 0.1) is 0 Å². The second-order valence-electron chi connectivity index (χ2n) is 5.87. The molecule has 3 rings (SSSR count). The lowest BCUT2D eigenvalue weighted by atomic mass is 9.78. The highest BCUT2D eigenvalue weighted by atomic mass is 16.5. The molecule has 0 bridgehead atoms. The predicted molar refractivity (Wildman–Crippen MR) is 74.4 cm³/mol. The van der Waals surface area contributed by atoms with Crippen LogP contribution in [0.3, 0.4) is 0 Å². The number of rotatable bonds is 2. The number of ether oxygens (including phenoxy) is 1. The molecule has 0 radical (unpaired) electrons. The van der Waals surface area contributed by atoms with E-state index in [0.29, 0.717) is 24.6 Å². The molecule has 0 aliphatic carbocycles. The summed E-state index contributed by atoms with van der Waals surface area (Å²) in [7, 11) is 0. The molecule has 0 saturated carbocycles. The standard InChI is InChI=1S/C15H19N3O2/c1-4-12-17-13(18-20-12)15(16)9-14(2,3)19-11-8-6-5-7-10(11)15/h5-8H,4,9,16H2,1-3H3. The van der Waals surface area contributed by atoms with Crippen LogP contribution in [0, 0.1) is 0 Å². The summed E-state index contributed by atoms with van der Waals surface area (Å²) in [6.07, 6.45) is 1.30. The molecule has 106 valence electrons. The third-order valence-corrected chi connectivity index (χ3v) is 3.63. The van der Waals surface area contributed by atoms with Crippen LogP contribution in [0.5, 0.6) is 5.75 Å². The zero-order chi connectivity index (χ0) is 14.4. The Hall–Kier alpha value is -1.88. The van der Waals surface area contributed by atoms with E-state index in [1.54, 1.807) is 0 Å². The first-order chi connectivity index (χ1) is 9.44. The lowest BCUT2D eigenvalue weighted by Gasteiger charge is -2.42. The maximum Gasteiger partial charge on any atom is 0.226 e. The van der Waals surface area contributed by atoms with Crippen molar-refractivity contribution in [1.29, 1.82) is 0 Å². The summed E-state index contributed by atoms with van der Waals surface area (Å²) in [4.78, 5) is 4.43. The minimum atomic E-state index is -0.782. The Bertz CT molecular complexity index is 636. The van der Waals surface area contributed by atoms with Gasteiger partial charge in [0.25, 0.3) is 0 Å². The van der Waals surface area contributed by atoms with Gasteiger partial charge in [0.15, 0.2) is 5.82 Å². The second kappa shape index (κ2) is 4.31. The highest BCUT2D eigenvalue weighted by Crippen LogP contribution is 2.44. The number of benzene rings is 1. The van der Waals surface area contributed by atoms with Crippen molar-refractivity contribution < 1.29 is 9.26 Å². The number of aryl methyl sites for hydroxylation is 1. The van der Waals surface area contributed by atoms with Gasteiger partial charge in [-0.05, 0) is 19.9 Å². The summed E-state index contributed by atoms with van der Waals surface area (Å²) >= 11 is 0. The van der Waals surface area contributed by atoms with Crippen molar-refractivity contribution in [3.63, 3.8) is 0 Å². The fraction of sp³-hybridized carbons (Fsp3) is 0.467. The van der Waals surface area contributed by atoms with Crippen LogP contribution >= 0.6 is 0 Å². The summed E-state index contributed by atoms with van der Waals surface area (Å²) in [6, 6.07) is 7.78. The Balaban J connectivity index is 2.15. The molecule has 1 aromatic carbocycles. The number of nitrogens with two attached hydrogens (primary N) is 1. The van der Waals surface area contributed by atoms with Crippen molar-refractivity contribution in [1.82, 2.24) is 10.1 Å². The van der Waals surface area contributed by atoms with Crippen LogP contribution in [0.2, 0.25) is 0 Å². The Labute approximate surface area is 118 Å². The van der Waals surface area contributed by atoms with Crippen LogP contribution in [0.1, 0.15) is 44.5 Å². The monoisotopic (exact) mass is 273 g/mol. The number of aromatic nitrogens is 2. The van der Waals surface area contributed by atoms with E-state index in [4.69, 9.17) is 15.0 Å². The Morgan fingerprint density at radius 2 is 2.05 bits per heavy atom. The third-order valence-electron chi connectivity index (χ3n) is 3.63. The zero-order valence-corrected chi connectivity index (χ0v) is 12.0. The molecule has 0 amide bonds. The van der Waals surface area contributed by atoms with Gasteiger partial charge in [0.1, 0.15) is 16.9 Å². The van der Waals surface area contributed by atoms with Gasteiger partial charge in [-0.15, -0.1) is 0 Å². The molecular weight excluding hydrogens is 254 g/mol. The van der Waals surface area contributed by atoms with Crippen LogP contribution in [-0.2, 0) is 12.0 Å². The highest BCUT2D eigenvalue weighted by molar-refractivity contribution is 5.45. The SMILES string of the molecule is CCc1nc(C2(N)CC(C)(C)Oc3ccccc32)no1. The average molecular weight is 273 g/mol. The Morgan fingerprint density at radius 1 is 1.30 bits per heavy atom. The largest absolute Gasteiger partial charge is 0.487 e. The first-order valence-corrected chi connectivity index (χ1v) is 6.85. The molecule has 0 fully saturated rings. The minimum Gasteiger partial charge on any atom is -0.487 e. The lowest BCUT2D eigenvalue weighted by molar-refractivity contribution is 0.0529. The van der Waals surface area contributed by atoms with E-state index in [0.717, 1.165) is 11.3 Å². The normalized spacial score (nSPS) is 24.0. The van der Waals surface area contributed by atoms with E-state index in [2.05, 4.69) is 10.1 Å². The maximum atomic E-state index is 6.67. The molecule has 20 heavy (non-hydrogen) atoms. The number of hydrogen-bond acceptors (Lipinski definition) is 5. The van der Waals surface area contributed by atoms with Gasteiger partial charge in [-0.1, -0.05) is 30.3 Å². The molecule has 2 heterocycles. The average Bonchev–Trinajstić information content (AvgIpc) is 2.86. The lowest BCUT2D eigenvalue weighted by Crippen LogP contribution is -2.51. The van der Waals surface area contributed by atoms with E-state index in [1.807, 2.05) is 45.0 Å². The van der Waals surface area contributed by atoms with Crippen molar-refractivity contribution >= 4 is 0 Å². The van der Waals surface area contributed by atoms with E-state index < -0.39 is 5.54 Å². The van der Waals surface area contributed by atoms with Crippen molar-refractivity contribution in [3.8, 4) is 5.75 Å². The third kappa shape index (κ3) is 1.98. The van der Waals surface area contributed by atoms with Gasteiger partial charge in [0, 0.05) is 18.4 Å². The van der Waals surface area contributed by atoms with E-state index in [-0.39, 0.29) is 5.60 Å². The Kier molecular flexibility index (Phi) is 2.83. The molecular formula is C15H19N3O2. The van der Waals surface area contributed by atoms with Gasteiger partial charge in [-0.3, -0.25) is 0 Å².